The molecule has 0 unspecified atom stereocenters. The van der Waals surface area contributed by atoms with Gasteiger partial charge in [-0.3, -0.25) is 4.79 Å². The van der Waals surface area contributed by atoms with Crippen molar-refractivity contribution in [1.29, 1.82) is 0 Å². The minimum Gasteiger partial charge on any atom is -0.456 e. The zero-order valence-electron chi connectivity index (χ0n) is 10.5. The van der Waals surface area contributed by atoms with Crippen molar-refractivity contribution in [2.24, 2.45) is 0 Å². The van der Waals surface area contributed by atoms with Crippen molar-refractivity contribution in [3.8, 4) is 11.5 Å². The minimum atomic E-state index is -0.0201. The zero-order chi connectivity index (χ0) is 14.0. The second-order valence-corrected chi connectivity index (χ2v) is 5.54. The van der Waals surface area contributed by atoms with E-state index in [1.807, 2.05) is 25.1 Å². The highest BCUT2D eigenvalue weighted by Crippen LogP contribution is 2.32. The number of hydrogen-bond acceptors (Lipinski definition) is 2. The number of benzene rings is 2. The van der Waals surface area contributed by atoms with Gasteiger partial charge in [0.1, 0.15) is 11.5 Å². The maximum absolute atomic E-state index is 11.3. The molecular weight excluding hydrogens is 328 g/mol. The average molecular weight is 340 g/mol. The molecule has 0 aliphatic carbocycles. The summed E-state index contributed by atoms with van der Waals surface area (Å²) >= 11 is 9.52. The van der Waals surface area contributed by atoms with Crippen LogP contribution in [-0.4, -0.2) is 5.78 Å². The van der Waals surface area contributed by atoms with Crippen molar-refractivity contribution in [2.45, 2.75) is 13.8 Å². The van der Waals surface area contributed by atoms with Crippen molar-refractivity contribution in [3.63, 3.8) is 0 Å². The second-order valence-electron chi connectivity index (χ2n) is 4.21. The predicted octanol–water partition coefficient (Wildman–Crippen LogP) is 5.41. The molecule has 0 spiro atoms. The lowest BCUT2D eigenvalue weighted by molar-refractivity contribution is 0.101. The first kappa shape index (κ1) is 14.1. The van der Waals surface area contributed by atoms with Gasteiger partial charge in [0.25, 0.3) is 0 Å². The number of ketones is 1. The van der Waals surface area contributed by atoms with Crippen LogP contribution in [-0.2, 0) is 0 Å². The smallest absolute Gasteiger partial charge is 0.159 e. The Morgan fingerprint density at radius 2 is 1.84 bits per heavy atom. The third-order valence-electron chi connectivity index (χ3n) is 2.70. The summed E-state index contributed by atoms with van der Waals surface area (Å²) in [6, 6.07) is 10.8. The summed E-state index contributed by atoms with van der Waals surface area (Å²) in [5.74, 6) is 1.26. The van der Waals surface area contributed by atoms with E-state index in [9.17, 15) is 4.79 Å². The molecule has 2 rings (SSSR count). The predicted molar refractivity (Wildman–Crippen MR) is 80.4 cm³/mol. The Hall–Kier alpha value is -1.32. The van der Waals surface area contributed by atoms with E-state index in [2.05, 4.69) is 15.9 Å². The lowest BCUT2D eigenvalue weighted by atomic mass is 10.1. The van der Waals surface area contributed by atoms with Gasteiger partial charge in [0.15, 0.2) is 5.78 Å². The van der Waals surface area contributed by atoms with E-state index in [0.29, 0.717) is 16.3 Å². The topological polar surface area (TPSA) is 26.3 Å². The van der Waals surface area contributed by atoms with Crippen LogP contribution in [0.2, 0.25) is 5.02 Å². The molecule has 0 saturated heterocycles. The third kappa shape index (κ3) is 3.37. The number of carbonyl (C=O) groups excluding carboxylic acids is 1. The van der Waals surface area contributed by atoms with Gasteiger partial charge in [-0.1, -0.05) is 27.5 Å². The fraction of sp³-hybridized carbons (Fsp3) is 0.133. The third-order valence-corrected chi connectivity index (χ3v) is 3.48. The fourth-order valence-electron chi connectivity index (χ4n) is 1.65. The van der Waals surface area contributed by atoms with Crippen molar-refractivity contribution < 1.29 is 9.53 Å². The molecule has 0 aliphatic rings. The van der Waals surface area contributed by atoms with Crippen molar-refractivity contribution >= 4 is 33.3 Å². The largest absolute Gasteiger partial charge is 0.456 e. The van der Waals surface area contributed by atoms with Gasteiger partial charge in [0.05, 0.1) is 5.02 Å². The van der Waals surface area contributed by atoms with Gasteiger partial charge in [-0.2, -0.15) is 0 Å². The minimum absolute atomic E-state index is 0.0201. The molecule has 0 aromatic heterocycles. The standard InChI is InChI=1S/C15H12BrClO2/c1-9-7-12(16)4-6-14(9)19-15-5-3-11(10(2)18)8-13(15)17/h3-8H,1-2H3. The molecule has 98 valence electrons. The van der Waals surface area contributed by atoms with E-state index >= 15 is 0 Å². The number of aryl methyl sites for hydroxylation is 1. The Balaban J connectivity index is 2.31. The molecule has 0 atom stereocenters. The maximum Gasteiger partial charge on any atom is 0.159 e. The van der Waals surface area contributed by atoms with Gasteiger partial charge in [-0.25, -0.2) is 0 Å². The Labute approximate surface area is 125 Å². The molecule has 2 nitrogen and oxygen atoms in total. The summed E-state index contributed by atoms with van der Waals surface area (Å²) in [5, 5.41) is 0.426. The van der Waals surface area contributed by atoms with Crippen LogP contribution in [0.1, 0.15) is 22.8 Å². The first-order chi connectivity index (χ1) is 8.97. The van der Waals surface area contributed by atoms with Crippen LogP contribution in [0.4, 0.5) is 0 Å². The van der Waals surface area contributed by atoms with Gasteiger partial charge in [0.2, 0.25) is 0 Å². The van der Waals surface area contributed by atoms with Crippen LogP contribution in [0.25, 0.3) is 0 Å². The molecule has 0 aliphatic heterocycles. The van der Waals surface area contributed by atoms with E-state index in [1.54, 1.807) is 18.2 Å². The fourth-order valence-corrected chi connectivity index (χ4v) is 2.34. The summed E-state index contributed by atoms with van der Waals surface area (Å²) in [7, 11) is 0. The van der Waals surface area contributed by atoms with Gasteiger partial charge in [-0.15, -0.1) is 0 Å². The first-order valence-electron chi connectivity index (χ1n) is 5.72. The lowest BCUT2D eigenvalue weighted by Gasteiger charge is -2.11. The van der Waals surface area contributed by atoms with E-state index < -0.39 is 0 Å². The molecule has 0 radical (unpaired) electrons. The number of halogens is 2. The number of hydrogen-bond donors (Lipinski definition) is 0. The van der Waals surface area contributed by atoms with Crippen LogP contribution in [0.3, 0.4) is 0 Å². The molecule has 0 fully saturated rings. The monoisotopic (exact) mass is 338 g/mol. The van der Waals surface area contributed by atoms with E-state index in [0.717, 1.165) is 15.8 Å². The number of ether oxygens (including phenoxy) is 1. The van der Waals surface area contributed by atoms with Gasteiger partial charge < -0.3 is 4.74 Å². The van der Waals surface area contributed by atoms with Gasteiger partial charge in [-0.05, 0) is 55.8 Å². The molecule has 2 aromatic carbocycles. The molecule has 0 saturated carbocycles. The first-order valence-corrected chi connectivity index (χ1v) is 6.89. The van der Waals surface area contributed by atoms with Crippen molar-refractivity contribution in [3.05, 3.63) is 57.0 Å². The van der Waals surface area contributed by atoms with Gasteiger partial charge in [0, 0.05) is 10.0 Å². The number of rotatable bonds is 3. The molecular formula is C15H12BrClO2. The SMILES string of the molecule is CC(=O)c1ccc(Oc2ccc(Br)cc2C)c(Cl)c1. The summed E-state index contributed by atoms with van der Waals surface area (Å²) in [6.07, 6.45) is 0. The Bertz CT molecular complexity index is 638. The quantitative estimate of drug-likeness (QED) is 0.699. The van der Waals surface area contributed by atoms with E-state index in [1.165, 1.54) is 6.92 Å². The molecule has 0 heterocycles. The zero-order valence-corrected chi connectivity index (χ0v) is 12.9. The normalized spacial score (nSPS) is 10.3. The molecule has 0 amide bonds. The Kier molecular flexibility index (Phi) is 4.27. The summed E-state index contributed by atoms with van der Waals surface area (Å²) in [4.78, 5) is 11.3. The molecule has 2 aromatic rings. The highest BCUT2D eigenvalue weighted by molar-refractivity contribution is 9.10. The van der Waals surface area contributed by atoms with Gasteiger partial charge >= 0.3 is 0 Å². The lowest BCUT2D eigenvalue weighted by Crippen LogP contribution is -1.93. The molecule has 0 bridgehead atoms. The Morgan fingerprint density at radius 3 is 2.42 bits per heavy atom. The summed E-state index contributed by atoms with van der Waals surface area (Å²) in [6.45, 7) is 3.46. The Morgan fingerprint density at radius 1 is 1.16 bits per heavy atom. The number of Topliss-reactive ketones (excluding diaryl/α,β-unsaturated/α-hetero) is 1. The molecule has 0 N–H and O–H groups in total. The molecule has 4 heteroatoms. The van der Waals surface area contributed by atoms with Crippen LogP contribution in [0.15, 0.2) is 40.9 Å². The highest BCUT2D eigenvalue weighted by atomic mass is 79.9. The second kappa shape index (κ2) is 5.76. The van der Waals surface area contributed by atoms with Crippen molar-refractivity contribution in [2.75, 3.05) is 0 Å². The number of carbonyl (C=O) groups is 1. The highest BCUT2D eigenvalue weighted by Gasteiger charge is 2.08. The molecule has 19 heavy (non-hydrogen) atoms. The van der Waals surface area contributed by atoms with Crippen molar-refractivity contribution in [1.82, 2.24) is 0 Å². The van der Waals surface area contributed by atoms with Crippen LogP contribution >= 0.6 is 27.5 Å². The van der Waals surface area contributed by atoms with Crippen LogP contribution in [0, 0.1) is 6.92 Å². The van der Waals surface area contributed by atoms with Crippen LogP contribution in [0.5, 0.6) is 11.5 Å². The average Bonchev–Trinajstić information content (AvgIpc) is 2.34. The van der Waals surface area contributed by atoms with E-state index in [4.69, 9.17) is 16.3 Å². The van der Waals surface area contributed by atoms with E-state index in [-0.39, 0.29) is 5.78 Å². The maximum atomic E-state index is 11.3. The summed E-state index contributed by atoms with van der Waals surface area (Å²) < 4.78 is 6.76. The summed E-state index contributed by atoms with van der Waals surface area (Å²) in [5.41, 5.74) is 1.57. The van der Waals surface area contributed by atoms with Crippen LogP contribution < -0.4 is 4.74 Å².